The third kappa shape index (κ3) is 11.8. The van der Waals surface area contributed by atoms with E-state index in [1.54, 1.807) is 106 Å². The van der Waals surface area contributed by atoms with Crippen molar-refractivity contribution in [2.24, 2.45) is 0 Å². The zero-order chi connectivity index (χ0) is 38.5. The van der Waals surface area contributed by atoms with Crippen LogP contribution >= 0.6 is 69.6 Å². The molecule has 276 valence electrons. The number of benzene rings is 4. The van der Waals surface area contributed by atoms with Crippen LogP contribution in [-0.2, 0) is 41.5 Å². The van der Waals surface area contributed by atoms with Gasteiger partial charge in [0.25, 0.3) is 0 Å². The van der Waals surface area contributed by atoms with E-state index >= 15 is 0 Å². The lowest BCUT2D eigenvalue weighted by molar-refractivity contribution is -0.154. The number of hydrogen-bond acceptors (Lipinski definition) is 6. The third-order valence-corrected chi connectivity index (χ3v) is 9.69. The summed E-state index contributed by atoms with van der Waals surface area (Å²) >= 11 is 36.4. The summed E-state index contributed by atoms with van der Waals surface area (Å²) < 4.78 is 10.3. The SMILES string of the molecule is CCOC(=O)C(c1ccccc1Cl)N(C)C(=O)Cc1ccc(Cl)c(Cl)c1.CCOC(=O)C(c1ccccc1Cl)N(C)C(=O)Cc1ccc(Cl)cc1Cl. The van der Waals surface area contributed by atoms with Gasteiger partial charge in [0, 0.05) is 45.3 Å². The number of nitrogens with zero attached hydrogens (tertiary/aromatic N) is 2. The summed E-state index contributed by atoms with van der Waals surface area (Å²) in [6.07, 6.45) is 0.0839. The fourth-order valence-corrected chi connectivity index (χ4v) is 6.29. The molecule has 0 aliphatic rings. The lowest BCUT2D eigenvalue weighted by Gasteiger charge is -2.27. The van der Waals surface area contributed by atoms with Gasteiger partial charge < -0.3 is 19.3 Å². The van der Waals surface area contributed by atoms with Crippen molar-refractivity contribution in [3.63, 3.8) is 0 Å². The number of rotatable bonds is 12. The lowest BCUT2D eigenvalue weighted by Crippen LogP contribution is -2.38. The van der Waals surface area contributed by atoms with Crippen LogP contribution in [0.15, 0.2) is 84.9 Å². The zero-order valence-corrected chi connectivity index (χ0v) is 33.2. The molecule has 52 heavy (non-hydrogen) atoms. The molecular formula is C38H36Cl6N2O6. The molecule has 8 nitrogen and oxygen atoms in total. The Bertz CT molecular complexity index is 1890. The molecule has 0 spiro atoms. The summed E-state index contributed by atoms with van der Waals surface area (Å²) in [6.45, 7) is 3.81. The molecule has 0 bridgehead atoms. The Morgan fingerprint density at radius 2 is 1.04 bits per heavy atom. The number of likely N-dealkylation sites (N-methyl/N-ethyl adjacent to an activating group) is 2. The molecule has 4 aromatic carbocycles. The fraction of sp³-hybridized carbons (Fsp3) is 0.263. The summed E-state index contributed by atoms with van der Waals surface area (Å²) in [5, 5.41) is 2.43. The van der Waals surface area contributed by atoms with Gasteiger partial charge in [-0.05, 0) is 61.4 Å². The Kier molecular flexibility index (Phi) is 17.1. The van der Waals surface area contributed by atoms with Crippen LogP contribution in [0.5, 0.6) is 0 Å². The fourth-order valence-electron chi connectivity index (χ4n) is 5.01. The van der Waals surface area contributed by atoms with Gasteiger partial charge in [-0.2, -0.15) is 0 Å². The monoisotopic (exact) mass is 826 g/mol. The molecule has 0 radical (unpaired) electrons. The van der Waals surface area contributed by atoms with Crippen molar-refractivity contribution in [1.82, 2.24) is 9.80 Å². The number of carbonyl (C=O) groups excluding carboxylic acids is 4. The van der Waals surface area contributed by atoms with Gasteiger partial charge in [-0.15, -0.1) is 0 Å². The van der Waals surface area contributed by atoms with E-state index in [0.717, 1.165) is 0 Å². The predicted octanol–water partition coefficient (Wildman–Crippen LogP) is 9.90. The molecule has 0 aliphatic carbocycles. The summed E-state index contributed by atoms with van der Waals surface area (Å²) in [5.41, 5.74) is 2.33. The second kappa shape index (κ2) is 20.7. The van der Waals surface area contributed by atoms with E-state index in [2.05, 4.69) is 0 Å². The maximum Gasteiger partial charge on any atom is 0.333 e. The van der Waals surface area contributed by atoms with E-state index in [1.165, 1.54) is 16.8 Å². The third-order valence-electron chi connectivity index (χ3n) is 7.68. The van der Waals surface area contributed by atoms with Gasteiger partial charge in [0.05, 0.1) is 36.1 Å². The molecule has 0 fully saturated rings. The van der Waals surface area contributed by atoms with Gasteiger partial charge in [0.2, 0.25) is 11.8 Å². The average molecular weight is 829 g/mol. The first-order chi connectivity index (χ1) is 24.7. The molecule has 4 rings (SSSR count). The minimum atomic E-state index is -0.942. The Morgan fingerprint density at radius 1 is 0.558 bits per heavy atom. The van der Waals surface area contributed by atoms with Crippen LogP contribution in [0.4, 0.5) is 0 Å². The molecule has 0 aromatic heterocycles. The Hall–Kier alpha value is -3.50. The zero-order valence-electron chi connectivity index (χ0n) is 28.7. The highest BCUT2D eigenvalue weighted by Crippen LogP contribution is 2.31. The van der Waals surface area contributed by atoms with E-state index < -0.39 is 24.0 Å². The highest BCUT2D eigenvalue weighted by Gasteiger charge is 2.33. The van der Waals surface area contributed by atoms with Crippen LogP contribution < -0.4 is 0 Å². The smallest absolute Gasteiger partial charge is 0.333 e. The Balaban J connectivity index is 0.000000280. The van der Waals surface area contributed by atoms with Crippen molar-refractivity contribution in [3.05, 3.63) is 137 Å². The quantitative estimate of drug-likeness (QED) is 0.132. The maximum absolute atomic E-state index is 12.8. The second-order valence-corrected chi connectivity index (χ2v) is 13.7. The molecule has 0 N–H and O–H groups in total. The highest BCUT2D eigenvalue weighted by molar-refractivity contribution is 6.42. The topological polar surface area (TPSA) is 93.2 Å². The van der Waals surface area contributed by atoms with E-state index in [0.29, 0.717) is 52.4 Å². The van der Waals surface area contributed by atoms with Crippen LogP contribution in [0.3, 0.4) is 0 Å². The van der Waals surface area contributed by atoms with Gasteiger partial charge in [-0.3, -0.25) is 9.59 Å². The van der Waals surface area contributed by atoms with Crippen LogP contribution in [0, 0.1) is 0 Å². The van der Waals surface area contributed by atoms with Crippen molar-refractivity contribution >= 4 is 93.4 Å². The molecule has 0 heterocycles. The van der Waals surface area contributed by atoms with Crippen molar-refractivity contribution < 1.29 is 28.7 Å². The largest absolute Gasteiger partial charge is 0.464 e. The molecule has 14 heteroatoms. The van der Waals surface area contributed by atoms with Crippen molar-refractivity contribution in [1.29, 1.82) is 0 Å². The normalized spacial score (nSPS) is 11.7. The van der Waals surface area contributed by atoms with Gasteiger partial charge in [-0.25, -0.2) is 9.59 Å². The van der Waals surface area contributed by atoms with Crippen molar-refractivity contribution in [2.75, 3.05) is 27.3 Å². The molecule has 0 saturated carbocycles. The van der Waals surface area contributed by atoms with E-state index in [-0.39, 0.29) is 37.9 Å². The maximum atomic E-state index is 12.8. The second-order valence-electron chi connectivity index (χ2n) is 11.2. The highest BCUT2D eigenvalue weighted by atomic mass is 35.5. The Morgan fingerprint density at radius 3 is 1.48 bits per heavy atom. The Labute approximate surface area is 333 Å². The van der Waals surface area contributed by atoms with Crippen LogP contribution in [0.1, 0.15) is 48.2 Å². The summed E-state index contributed by atoms with van der Waals surface area (Å²) in [5.74, 6) is -1.65. The van der Waals surface area contributed by atoms with E-state index in [9.17, 15) is 19.2 Å². The van der Waals surface area contributed by atoms with Crippen LogP contribution in [0.25, 0.3) is 0 Å². The van der Waals surface area contributed by atoms with Gasteiger partial charge in [0.1, 0.15) is 0 Å². The first-order valence-electron chi connectivity index (χ1n) is 15.9. The molecule has 2 atom stereocenters. The van der Waals surface area contributed by atoms with Gasteiger partial charge >= 0.3 is 11.9 Å². The number of ether oxygens (including phenoxy) is 2. The molecule has 2 unspecified atom stereocenters. The minimum Gasteiger partial charge on any atom is -0.464 e. The lowest BCUT2D eigenvalue weighted by atomic mass is 10.0. The summed E-state index contributed by atoms with van der Waals surface area (Å²) in [7, 11) is 3.09. The standard InChI is InChI=1S/2C19H18Cl3NO3/c1-3-26-19(25)18(14-6-4-5-7-15(14)21)23(2)17(24)10-12-8-9-13(20)11-16(12)22;1-3-26-19(25)18(13-6-4-5-7-14(13)20)23(2)17(24)11-12-8-9-15(21)16(22)10-12/h4-9,11,18H,3,10H2,1-2H3;4-10,18H,3,11H2,1-2H3. The van der Waals surface area contributed by atoms with Crippen molar-refractivity contribution in [3.8, 4) is 0 Å². The van der Waals surface area contributed by atoms with E-state index in [4.69, 9.17) is 79.1 Å². The molecule has 0 aliphatic heterocycles. The van der Waals surface area contributed by atoms with Gasteiger partial charge in [0.15, 0.2) is 12.1 Å². The number of carbonyl (C=O) groups is 4. The molecular weight excluding hydrogens is 793 g/mol. The summed E-state index contributed by atoms with van der Waals surface area (Å²) in [6, 6.07) is 21.8. The number of amides is 2. The average Bonchev–Trinajstić information content (AvgIpc) is 3.10. The van der Waals surface area contributed by atoms with E-state index in [1.807, 2.05) is 0 Å². The molecule has 4 aromatic rings. The predicted molar refractivity (Wildman–Crippen MR) is 208 cm³/mol. The number of esters is 2. The van der Waals surface area contributed by atoms with Crippen molar-refractivity contribution in [2.45, 2.75) is 38.8 Å². The van der Waals surface area contributed by atoms with Gasteiger partial charge in [-0.1, -0.05) is 118 Å². The minimum absolute atomic E-state index is 0.0207. The summed E-state index contributed by atoms with van der Waals surface area (Å²) in [4.78, 5) is 53.1. The molecule has 0 saturated heterocycles. The van der Waals surface area contributed by atoms with Crippen LogP contribution in [-0.4, -0.2) is 60.9 Å². The van der Waals surface area contributed by atoms with Crippen LogP contribution in [0.2, 0.25) is 30.1 Å². The first-order valence-corrected chi connectivity index (χ1v) is 18.2. The number of halogens is 6. The first kappa shape index (κ1) is 42.9. The number of hydrogen-bond donors (Lipinski definition) is 0. The molecule has 2 amide bonds.